The Morgan fingerprint density at radius 3 is 2.88 bits per heavy atom. The summed E-state index contributed by atoms with van der Waals surface area (Å²) in [6, 6.07) is -0.387. The molecule has 1 atom stereocenters. The maximum atomic E-state index is 11.6. The topological polar surface area (TPSA) is 62.3 Å². The minimum atomic E-state index is -0.387. The van der Waals surface area contributed by atoms with E-state index in [9.17, 15) is 9.59 Å². The molecule has 2 amide bonds. The molecule has 1 saturated heterocycles. The van der Waals surface area contributed by atoms with Crippen LogP contribution in [0.2, 0.25) is 0 Å². The molecule has 16 heavy (non-hydrogen) atoms. The predicted octanol–water partition coefficient (Wildman–Crippen LogP) is 0.298. The van der Waals surface area contributed by atoms with E-state index >= 15 is 0 Å². The van der Waals surface area contributed by atoms with Gasteiger partial charge in [-0.2, -0.15) is 0 Å². The van der Waals surface area contributed by atoms with E-state index in [0.29, 0.717) is 6.54 Å². The van der Waals surface area contributed by atoms with Crippen LogP contribution in [-0.2, 0) is 16.1 Å². The largest absolute Gasteiger partial charge is 0.299 e. The quantitative estimate of drug-likeness (QED) is 0.771. The molecule has 6 heteroatoms. The van der Waals surface area contributed by atoms with Crippen LogP contribution in [0.15, 0.2) is 5.38 Å². The van der Waals surface area contributed by atoms with Gasteiger partial charge < -0.3 is 0 Å². The summed E-state index contributed by atoms with van der Waals surface area (Å²) < 4.78 is 0. The Labute approximate surface area is 97.5 Å². The van der Waals surface area contributed by atoms with Crippen LogP contribution in [0.4, 0.5) is 0 Å². The summed E-state index contributed by atoms with van der Waals surface area (Å²) in [5.74, 6) is -0.281. The molecule has 2 rings (SSSR count). The van der Waals surface area contributed by atoms with Crippen molar-refractivity contribution in [1.29, 1.82) is 0 Å². The molecule has 1 aliphatic rings. The molecule has 0 aromatic carbocycles. The van der Waals surface area contributed by atoms with Crippen molar-refractivity contribution < 1.29 is 9.59 Å². The first kappa shape index (κ1) is 11.2. The van der Waals surface area contributed by atoms with Gasteiger partial charge in [-0.25, -0.2) is 4.98 Å². The molecule has 0 spiro atoms. The van der Waals surface area contributed by atoms with Gasteiger partial charge in [0.05, 0.1) is 12.5 Å². The van der Waals surface area contributed by atoms with Gasteiger partial charge in [0.15, 0.2) is 0 Å². The van der Waals surface area contributed by atoms with Gasteiger partial charge in [0.25, 0.3) is 0 Å². The van der Waals surface area contributed by atoms with E-state index in [1.807, 2.05) is 12.3 Å². The Morgan fingerprint density at radius 2 is 2.38 bits per heavy atom. The number of likely N-dealkylation sites (tertiary alicyclic amines) is 1. The van der Waals surface area contributed by atoms with Crippen molar-refractivity contribution in [2.75, 3.05) is 7.05 Å². The van der Waals surface area contributed by atoms with E-state index in [1.54, 1.807) is 11.3 Å². The Morgan fingerprint density at radius 1 is 1.62 bits per heavy atom. The maximum Gasteiger partial charge on any atom is 0.246 e. The minimum Gasteiger partial charge on any atom is -0.299 e. The monoisotopic (exact) mass is 239 g/mol. The summed E-state index contributed by atoms with van der Waals surface area (Å²) >= 11 is 1.55. The second-order valence-electron chi connectivity index (χ2n) is 3.81. The number of rotatable bonds is 3. The summed E-state index contributed by atoms with van der Waals surface area (Å²) in [6.45, 7) is 2.47. The number of aromatic nitrogens is 1. The molecule has 86 valence electrons. The lowest BCUT2D eigenvalue weighted by molar-refractivity contribution is -0.137. The summed E-state index contributed by atoms with van der Waals surface area (Å²) in [5.41, 5.74) is 0.979. The molecule has 5 nitrogen and oxygen atoms in total. The smallest absolute Gasteiger partial charge is 0.246 e. The number of likely N-dealkylation sites (N-methyl/N-ethyl adjacent to an activating group) is 1. The second kappa shape index (κ2) is 4.31. The third kappa shape index (κ3) is 2.12. The first-order valence-corrected chi connectivity index (χ1v) is 5.90. The molecule has 1 fully saturated rings. The molecule has 0 aliphatic carbocycles. The van der Waals surface area contributed by atoms with E-state index in [1.165, 1.54) is 11.9 Å². The number of amides is 2. The van der Waals surface area contributed by atoms with Crippen LogP contribution >= 0.6 is 11.3 Å². The lowest BCUT2D eigenvalue weighted by atomic mass is 10.2. The fourth-order valence-electron chi connectivity index (χ4n) is 1.61. The van der Waals surface area contributed by atoms with Crippen molar-refractivity contribution >= 4 is 23.2 Å². The van der Waals surface area contributed by atoms with E-state index in [2.05, 4.69) is 10.3 Å². The van der Waals surface area contributed by atoms with Gasteiger partial charge >= 0.3 is 0 Å². The molecule has 2 heterocycles. The highest BCUT2D eigenvalue weighted by atomic mass is 32.1. The van der Waals surface area contributed by atoms with E-state index < -0.39 is 0 Å². The zero-order chi connectivity index (χ0) is 11.7. The average molecular weight is 239 g/mol. The first-order valence-electron chi connectivity index (χ1n) is 5.02. The molecule has 1 N–H and O–H groups in total. The zero-order valence-corrected chi connectivity index (χ0v) is 10.0. The number of hydrogen-bond acceptors (Lipinski definition) is 5. The maximum absolute atomic E-state index is 11.6. The third-order valence-corrected chi connectivity index (χ3v) is 3.51. The van der Waals surface area contributed by atoms with Gasteiger partial charge in [-0.3, -0.25) is 19.8 Å². The number of carbonyl (C=O) groups excluding carboxylic acids is 2. The standard InChI is InChI=1S/C10H13N3O2S/c1-6-5-16-8(12-6)4-11-7-3-9(14)13(2)10(7)15/h5,7,11H,3-4H2,1-2H3. The lowest BCUT2D eigenvalue weighted by Gasteiger charge is -2.09. The van der Waals surface area contributed by atoms with Crippen molar-refractivity contribution in [3.63, 3.8) is 0 Å². The molecule has 1 aromatic heterocycles. The molecule has 0 saturated carbocycles. The molecular formula is C10H13N3O2S. The summed E-state index contributed by atoms with van der Waals surface area (Å²) in [5, 5.41) is 5.96. The molecule has 0 bridgehead atoms. The van der Waals surface area contributed by atoms with Crippen LogP contribution < -0.4 is 5.32 Å². The summed E-state index contributed by atoms with van der Waals surface area (Å²) in [6.07, 6.45) is 0.250. The number of hydrogen-bond donors (Lipinski definition) is 1. The molecule has 1 unspecified atom stereocenters. The van der Waals surface area contributed by atoms with Gasteiger partial charge in [-0.1, -0.05) is 0 Å². The van der Waals surface area contributed by atoms with Crippen molar-refractivity contribution in [2.45, 2.75) is 25.9 Å². The van der Waals surface area contributed by atoms with Gasteiger partial charge in [0, 0.05) is 24.7 Å². The SMILES string of the molecule is Cc1csc(CNC2CC(=O)N(C)C2=O)n1. The van der Waals surface area contributed by atoms with E-state index in [0.717, 1.165) is 10.7 Å². The van der Waals surface area contributed by atoms with Crippen LogP contribution in [0.5, 0.6) is 0 Å². The number of nitrogens with zero attached hydrogens (tertiary/aromatic N) is 2. The first-order chi connectivity index (χ1) is 7.58. The number of thiazole rings is 1. The Balaban J connectivity index is 1.92. The normalized spacial score (nSPS) is 20.9. The van der Waals surface area contributed by atoms with Crippen molar-refractivity contribution in [3.05, 3.63) is 16.1 Å². The van der Waals surface area contributed by atoms with Crippen LogP contribution in [0, 0.1) is 6.92 Å². The summed E-state index contributed by atoms with van der Waals surface area (Å²) in [4.78, 5) is 28.3. The van der Waals surface area contributed by atoms with Gasteiger partial charge in [0.2, 0.25) is 11.8 Å². The molecular weight excluding hydrogens is 226 g/mol. The third-order valence-electron chi connectivity index (χ3n) is 2.55. The molecule has 0 radical (unpaired) electrons. The number of imide groups is 1. The van der Waals surface area contributed by atoms with Crippen LogP contribution in [0.1, 0.15) is 17.1 Å². The number of carbonyl (C=O) groups is 2. The van der Waals surface area contributed by atoms with Crippen molar-refractivity contribution in [1.82, 2.24) is 15.2 Å². The van der Waals surface area contributed by atoms with Crippen molar-refractivity contribution in [3.8, 4) is 0 Å². The summed E-state index contributed by atoms with van der Waals surface area (Å²) in [7, 11) is 1.51. The van der Waals surface area contributed by atoms with Gasteiger partial charge in [-0.05, 0) is 6.92 Å². The second-order valence-corrected chi connectivity index (χ2v) is 4.75. The number of nitrogens with one attached hydrogen (secondary N) is 1. The highest BCUT2D eigenvalue weighted by molar-refractivity contribution is 7.09. The molecule has 1 aromatic rings. The van der Waals surface area contributed by atoms with Crippen LogP contribution in [-0.4, -0.2) is 34.8 Å². The Hall–Kier alpha value is -1.27. The fraction of sp³-hybridized carbons (Fsp3) is 0.500. The lowest BCUT2D eigenvalue weighted by Crippen LogP contribution is -2.36. The highest BCUT2D eigenvalue weighted by Gasteiger charge is 2.35. The van der Waals surface area contributed by atoms with Crippen LogP contribution in [0.3, 0.4) is 0 Å². The number of aryl methyl sites for hydroxylation is 1. The van der Waals surface area contributed by atoms with Gasteiger partial charge in [-0.15, -0.1) is 11.3 Å². The van der Waals surface area contributed by atoms with Crippen molar-refractivity contribution in [2.24, 2.45) is 0 Å². The Bertz CT molecular complexity index is 429. The average Bonchev–Trinajstić information content (AvgIpc) is 2.76. The molecule has 1 aliphatic heterocycles. The van der Waals surface area contributed by atoms with Gasteiger partial charge in [0.1, 0.15) is 5.01 Å². The van der Waals surface area contributed by atoms with E-state index in [-0.39, 0.29) is 24.3 Å². The fourth-order valence-corrected chi connectivity index (χ4v) is 2.33. The van der Waals surface area contributed by atoms with Crippen LogP contribution in [0.25, 0.3) is 0 Å². The highest BCUT2D eigenvalue weighted by Crippen LogP contribution is 2.13. The Kier molecular flexibility index (Phi) is 3.02. The predicted molar refractivity (Wildman–Crippen MR) is 59.9 cm³/mol. The minimum absolute atomic E-state index is 0.127. The van der Waals surface area contributed by atoms with E-state index in [4.69, 9.17) is 0 Å². The zero-order valence-electron chi connectivity index (χ0n) is 9.19.